The summed E-state index contributed by atoms with van der Waals surface area (Å²) in [5, 5.41) is 50.1. The van der Waals surface area contributed by atoms with Crippen molar-refractivity contribution < 1.29 is 63.1 Å². The molecule has 13 nitrogen and oxygen atoms in total. The zero-order chi connectivity index (χ0) is 42.9. The standard InChI is InChI=1S/C44H79O13P/c1-3-5-7-9-11-13-15-17-18-19-20-21-23-25-27-29-31-33-38(46)56-36(34-54-37(45)32-30-28-26-24-22-16-14-12-10-8-6-4-2)35-55-58(52,53)57-44-42(50)40(48)39(47)41(49)43(44)51/h11-14,17-18,36,39-44,47-51H,3-10,15-16,19-35H2,1-2H3,(H,52,53)/b13-11-,14-12-,18-17-/t36-,39?,40-,41?,42?,43?,44?/m1/s1. The Morgan fingerprint density at radius 2 is 0.931 bits per heavy atom. The quantitative estimate of drug-likeness (QED) is 0.0152. The molecule has 0 radical (unpaired) electrons. The van der Waals surface area contributed by atoms with E-state index in [0.717, 1.165) is 96.3 Å². The molecule has 1 aliphatic carbocycles. The maximum absolute atomic E-state index is 12.8. The van der Waals surface area contributed by atoms with E-state index < -0.39 is 75.7 Å². The van der Waals surface area contributed by atoms with Crippen LogP contribution >= 0.6 is 7.82 Å². The van der Waals surface area contributed by atoms with Gasteiger partial charge in [0.05, 0.1) is 6.61 Å². The summed E-state index contributed by atoms with van der Waals surface area (Å²) in [6.07, 6.45) is 24.9. The van der Waals surface area contributed by atoms with E-state index in [9.17, 15) is 44.6 Å². The van der Waals surface area contributed by atoms with Gasteiger partial charge in [0.15, 0.2) is 6.10 Å². The first kappa shape index (κ1) is 54.1. The van der Waals surface area contributed by atoms with Gasteiger partial charge in [0, 0.05) is 12.8 Å². The first-order chi connectivity index (χ1) is 27.9. The number of esters is 2. The highest BCUT2D eigenvalue weighted by atomic mass is 31.2. The van der Waals surface area contributed by atoms with E-state index in [1.54, 1.807) is 0 Å². The summed E-state index contributed by atoms with van der Waals surface area (Å²) in [5.74, 6) is -1.12. The van der Waals surface area contributed by atoms with Crippen molar-refractivity contribution in [2.45, 2.75) is 217 Å². The van der Waals surface area contributed by atoms with E-state index in [1.807, 2.05) is 0 Å². The molecular weight excluding hydrogens is 767 g/mol. The molecule has 1 rings (SSSR count). The number of hydrogen-bond acceptors (Lipinski definition) is 12. The van der Waals surface area contributed by atoms with Gasteiger partial charge >= 0.3 is 19.8 Å². The number of hydrogen-bond donors (Lipinski definition) is 6. The first-order valence-corrected chi connectivity index (χ1v) is 23.8. The van der Waals surface area contributed by atoms with Crippen molar-refractivity contribution >= 4 is 19.8 Å². The number of carbonyl (C=O) groups excluding carboxylic acids is 2. The van der Waals surface area contributed by atoms with E-state index >= 15 is 0 Å². The molecule has 0 spiro atoms. The summed E-state index contributed by atoms with van der Waals surface area (Å²) in [7, 11) is -5.12. The number of allylic oxidation sites excluding steroid dienone is 6. The highest BCUT2D eigenvalue weighted by Crippen LogP contribution is 2.47. The van der Waals surface area contributed by atoms with Crippen LogP contribution in [0.25, 0.3) is 0 Å². The molecule has 0 heterocycles. The van der Waals surface area contributed by atoms with Crippen molar-refractivity contribution in [3.8, 4) is 0 Å². The normalized spacial score (nSPS) is 22.8. The number of aliphatic hydroxyl groups excluding tert-OH is 5. The average Bonchev–Trinajstić information content (AvgIpc) is 3.20. The van der Waals surface area contributed by atoms with Gasteiger partial charge in [-0.05, 0) is 70.6 Å². The van der Waals surface area contributed by atoms with E-state index in [-0.39, 0.29) is 12.8 Å². The lowest BCUT2D eigenvalue weighted by Gasteiger charge is -2.41. The van der Waals surface area contributed by atoms with Crippen LogP contribution in [0.15, 0.2) is 36.5 Å². The van der Waals surface area contributed by atoms with Crippen molar-refractivity contribution in [1.82, 2.24) is 0 Å². The average molecular weight is 847 g/mol. The Bertz CT molecular complexity index is 1160. The van der Waals surface area contributed by atoms with Gasteiger partial charge in [0.1, 0.15) is 43.2 Å². The largest absolute Gasteiger partial charge is 0.472 e. The summed E-state index contributed by atoms with van der Waals surface area (Å²) in [5.41, 5.74) is 0. The number of phosphoric acid groups is 1. The van der Waals surface area contributed by atoms with E-state index in [2.05, 4.69) is 50.3 Å². The topological polar surface area (TPSA) is 210 Å². The minimum atomic E-state index is -5.12. The molecule has 0 aromatic rings. The molecule has 58 heavy (non-hydrogen) atoms. The summed E-state index contributed by atoms with van der Waals surface area (Å²) in [6, 6.07) is 0. The molecule has 0 amide bonds. The van der Waals surface area contributed by atoms with Crippen LogP contribution in [0.3, 0.4) is 0 Å². The third-order valence-corrected chi connectivity index (χ3v) is 11.2. The predicted molar refractivity (Wildman–Crippen MR) is 226 cm³/mol. The number of carbonyl (C=O) groups is 2. The van der Waals surface area contributed by atoms with Gasteiger partial charge in [-0.2, -0.15) is 0 Å². The minimum absolute atomic E-state index is 0.0861. The van der Waals surface area contributed by atoms with Crippen LogP contribution < -0.4 is 0 Å². The van der Waals surface area contributed by atoms with Crippen molar-refractivity contribution in [2.24, 2.45) is 0 Å². The fourth-order valence-electron chi connectivity index (χ4n) is 6.55. The molecule has 0 aromatic carbocycles. The summed E-state index contributed by atoms with van der Waals surface area (Å²) in [4.78, 5) is 35.6. The Labute approximate surface area is 348 Å². The Balaban J connectivity index is 2.48. The number of ether oxygens (including phenoxy) is 2. The number of rotatable bonds is 36. The Hall–Kier alpha value is -1.93. The molecule has 6 N–H and O–H groups in total. The predicted octanol–water partition coefficient (Wildman–Crippen LogP) is 8.22. The van der Waals surface area contributed by atoms with Crippen LogP contribution in [0, 0.1) is 0 Å². The molecule has 1 fully saturated rings. The van der Waals surface area contributed by atoms with Crippen LogP contribution in [-0.2, 0) is 32.7 Å². The smallest absolute Gasteiger partial charge is 0.462 e. The number of unbranched alkanes of at least 4 members (excludes halogenated alkanes) is 18. The van der Waals surface area contributed by atoms with Gasteiger partial charge in [-0.3, -0.25) is 18.6 Å². The van der Waals surface area contributed by atoms with E-state index in [4.69, 9.17) is 18.5 Å². The zero-order valence-corrected chi connectivity index (χ0v) is 36.5. The third-order valence-electron chi connectivity index (χ3n) is 10.2. The van der Waals surface area contributed by atoms with Crippen LogP contribution in [0.2, 0.25) is 0 Å². The van der Waals surface area contributed by atoms with Crippen molar-refractivity contribution in [3.63, 3.8) is 0 Å². The van der Waals surface area contributed by atoms with Crippen molar-refractivity contribution in [1.29, 1.82) is 0 Å². The highest BCUT2D eigenvalue weighted by molar-refractivity contribution is 7.47. The molecule has 0 aromatic heterocycles. The van der Waals surface area contributed by atoms with Gasteiger partial charge < -0.3 is 39.9 Å². The second-order valence-electron chi connectivity index (χ2n) is 15.5. The molecule has 0 bridgehead atoms. The zero-order valence-electron chi connectivity index (χ0n) is 35.6. The lowest BCUT2D eigenvalue weighted by Crippen LogP contribution is -2.64. The summed E-state index contributed by atoms with van der Waals surface area (Å²) >= 11 is 0. The molecule has 8 atom stereocenters. The summed E-state index contributed by atoms with van der Waals surface area (Å²) < 4.78 is 33.5. The fraction of sp³-hybridized carbons (Fsp3) is 0.818. The molecule has 0 saturated heterocycles. The Morgan fingerprint density at radius 3 is 1.41 bits per heavy atom. The van der Waals surface area contributed by atoms with Gasteiger partial charge in [0.2, 0.25) is 0 Å². The molecule has 1 aliphatic rings. The third kappa shape index (κ3) is 27.0. The molecule has 1 saturated carbocycles. The van der Waals surface area contributed by atoms with Crippen LogP contribution in [0.5, 0.6) is 0 Å². The Morgan fingerprint density at radius 1 is 0.534 bits per heavy atom. The van der Waals surface area contributed by atoms with E-state index in [1.165, 1.54) is 38.5 Å². The number of phosphoric ester groups is 1. The molecule has 14 heteroatoms. The monoisotopic (exact) mass is 847 g/mol. The second kappa shape index (κ2) is 34.7. The van der Waals surface area contributed by atoms with Crippen molar-refractivity contribution in [2.75, 3.05) is 13.2 Å². The maximum Gasteiger partial charge on any atom is 0.472 e. The SMILES string of the molecule is CCCCC/C=C\C/C=C\CCCCCCCCCC(=O)O[C@H](COC(=O)CCCCCCC/C=C\CCCCC)COP(=O)(O)OC1C(O)C(O)C(O)[C@@H](O)C1O. The lowest BCUT2D eigenvalue weighted by molar-refractivity contribution is -0.220. The molecule has 0 aliphatic heterocycles. The second-order valence-corrected chi connectivity index (χ2v) is 16.9. The minimum Gasteiger partial charge on any atom is -0.462 e. The van der Waals surface area contributed by atoms with Gasteiger partial charge in [0.25, 0.3) is 0 Å². The number of aliphatic hydroxyl groups is 5. The molecule has 6 unspecified atom stereocenters. The van der Waals surface area contributed by atoms with Crippen molar-refractivity contribution in [3.05, 3.63) is 36.5 Å². The van der Waals surface area contributed by atoms with Gasteiger partial charge in [-0.15, -0.1) is 0 Å². The molecule has 338 valence electrons. The van der Waals surface area contributed by atoms with E-state index in [0.29, 0.717) is 12.8 Å². The van der Waals surface area contributed by atoms with Crippen LogP contribution in [0.4, 0.5) is 0 Å². The first-order valence-electron chi connectivity index (χ1n) is 22.3. The lowest BCUT2D eigenvalue weighted by atomic mass is 9.85. The van der Waals surface area contributed by atoms with Crippen LogP contribution in [0.1, 0.15) is 174 Å². The highest BCUT2D eigenvalue weighted by Gasteiger charge is 2.51. The summed E-state index contributed by atoms with van der Waals surface area (Å²) in [6.45, 7) is 3.22. The maximum atomic E-state index is 12.8. The van der Waals surface area contributed by atoms with Gasteiger partial charge in [-0.25, -0.2) is 4.57 Å². The fourth-order valence-corrected chi connectivity index (χ4v) is 7.52. The molecular formula is C44H79O13P. The Kier molecular flexibility index (Phi) is 32.4. The van der Waals surface area contributed by atoms with Gasteiger partial charge in [-0.1, -0.05) is 127 Å². The van der Waals surface area contributed by atoms with Crippen LogP contribution in [-0.4, -0.2) is 98.3 Å².